The Hall–Kier alpha value is -2.83. The summed E-state index contributed by atoms with van der Waals surface area (Å²) in [6.45, 7) is -1.41. The molecule has 2 aromatic rings. The summed E-state index contributed by atoms with van der Waals surface area (Å²) in [4.78, 5) is 24.0. The molecule has 2 aromatic carbocycles. The highest BCUT2D eigenvalue weighted by Crippen LogP contribution is 2.31. The number of benzene rings is 2. The van der Waals surface area contributed by atoms with Gasteiger partial charge in [-0.25, -0.2) is 4.79 Å². The number of halogens is 3. The Morgan fingerprint density at radius 2 is 1.88 bits per heavy atom. The Morgan fingerprint density at radius 1 is 1.16 bits per heavy atom. The van der Waals surface area contributed by atoms with Crippen LogP contribution in [0, 0.1) is 0 Å². The molecule has 0 fully saturated rings. The standard InChI is InChI=1S/C18H14F3NO3/c19-18(20,21)10-22-16(23)12-6-7-14-13(8-12)9-15(25-17(14)24)11-4-2-1-3-5-11/h1-8,15H,9-10H2,(H,22,23). The fraction of sp³-hybridized carbons (Fsp3) is 0.222. The molecule has 4 nitrogen and oxygen atoms in total. The fourth-order valence-electron chi connectivity index (χ4n) is 2.67. The molecule has 0 spiro atoms. The van der Waals surface area contributed by atoms with Gasteiger partial charge in [0.05, 0.1) is 5.56 Å². The molecule has 0 radical (unpaired) electrons. The van der Waals surface area contributed by atoms with Crippen LogP contribution in [0.25, 0.3) is 0 Å². The maximum atomic E-state index is 12.2. The van der Waals surface area contributed by atoms with Crippen LogP contribution in [0.4, 0.5) is 13.2 Å². The third kappa shape index (κ3) is 3.99. The van der Waals surface area contributed by atoms with E-state index in [1.165, 1.54) is 18.2 Å². The number of hydrogen-bond acceptors (Lipinski definition) is 3. The largest absolute Gasteiger partial charge is 0.454 e. The smallest absolute Gasteiger partial charge is 0.405 e. The van der Waals surface area contributed by atoms with Crippen LogP contribution in [0.3, 0.4) is 0 Å². The number of esters is 1. The predicted octanol–water partition coefficient (Wildman–Crippen LogP) is 3.43. The Labute approximate surface area is 141 Å². The number of nitrogens with one attached hydrogen (secondary N) is 1. The second kappa shape index (κ2) is 6.58. The van der Waals surface area contributed by atoms with Gasteiger partial charge in [-0.05, 0) is 29.3 Å². The van der Waals surface area contributed by atoms with E-state index < -0.39 is 30.7 Å². The summed E-state index contributed by atoms with van der Waals surface area (Å²) in [6, 6.07) is 13.3. The lowest BCUT2D eigenvalue weighted by molar-refractivity contribution is -0.123. The number of alkyl halides is 3. The minimum Gasteiger partial charge on any atom is -0.454 e. The van der Waals surface area contributed by atoms with Gasteiger partial charge in [-0.3, -0.25) is 4.79 Å². The fourth-order valence-corrected chi connectivity index (χ4v) is 2.67. The molecule has 1 N–H and O–H groups in total. The molecule has 1 aliphatic rings. The quantitative estimate of drug-likeness (QED) is 0.864. The van der Waals surface area contributed by atoms with E-state index >= 15 is 0 Å². The molecule has 0 saturated heterocycles. The summed E-state index contributed by atoms with van der Waals surface area (Å²) in [5.41, 5.74) is 1.78. The van der Waals surface area contributed by atoms with Gasteiger partial charge in [0.2, 0.25) is 0 Å². The van der Waals surface area contributed by atoms with Crippen LogP contribution in [-0.4, -0.2) is 24.6 Å². The van der Waals surface area contributed by atoms with Gasteiger partial charge in [0.25, 0.3) is 5.91 Å². The number of cyclic esters (lactones) is 1. The number of hydrogen-bond donors (Lipinski definition) is 1. The first-order chi connectivity index (χ1) is 11.8. The van der Waals surface area contributed by atoms with Crippen LogP contribution in [0.2, 0.25) is 0 Å². The van der Waals surface area contributed by atoms with Crippen molar-refractivity contribution < 1.29 is 27.5 Å². The summed E-state index contributed by atoms with van der Waals surface area (Å²) in [7, 11) is 0. The Morgan fingerprint density at radius 3 is 2.56 bits per heavy atom. The van der Waals surface area contributed by atoms with Crippen molar-refractivity contribution in [1.82, 2.24) is 5.32 Å². The maximum absolute atomic E-state index is 12.2. The Kier molecular flexibility index (Phi) is 4.48. The predicted molar refractivity (Wildman–Crippen MR) is 83.1 cm³/mol. The van der Waals surface area contributed by atoms with Gasteiger partial charge in [0, 0.05) is 12.0 Å². The zero-order valence-electron chi connectivity index (χ0n) is 13.0. The molecule has 0 aromatic heterocycles. The normalized spacial score (nSPS) is 16.8. The molecular formula is C18H14F3NO3. The molecule has 3 rings (SSSR count). The zero-order chi connectivity index (χ0) is 18.0. The van der Waals surface area contributed by atoms with E-state index in [2.05, 4.69) is 0 Å². The minimum atomic E-state index is -4.48. The average molecular weight is 349 g/mol. The van der Waals surface area contributed by atoms with E-state index in [9.17, 15) is 22.8 Å². The van der Waals surface area contributed by atoms with Gasteiger partial charge in [-0.2, -0.15) is 13.2 Å². The number of carbonyl (C=O) groups excluding carboxylic acids is 2. The summed E-state index contributed by atoms with van der Waals surface area (Å²) in [5, 5.41) is 1.82. The second-order valence-corrected chi connectivity index (χ2v) is 5.68. The van der Waals surface area contributed by atoms with Crippen LogP contribution in [-0.2, 0) is 11.2 Å². The van der Waals surface area contributed by atoms with Gasteiger partial charge in [-0.1, -0.05) is 30.3 Å². The summed E-state index contributed by atoms with van der Waals surface area (Å²) in [6.07, 6.45) is -4.62. The molecule has 25 heavy (non-hydrogen) atoms. The van der Waals surface area contributed by atoms with Crippen molar-refractivity contribution in [2.75, 3.05) is 6.54 Å². The monoisotopic (exact) mass is 349 g/mol. The van der Waals surface area contributed by atoms with Crippen molar-refractivity contribution in [3.8, 4) is 0 Å². The first kappa shape index (κ1) is 17.0. The minimum absolute atomic E-state index is 0.0736. The third-order valence-corrected chi connectivity index (χ3v) is 3.86. The van der Waals surface area contributed by atoms with Crippen LogP contribution in [0.5, 0.6) is 0 Å². The van der Waals surface area contributed by atoms with Crippen LogP contribution in [0.1, 0.15) is 37.9 Å². The molecule has 1 aliphatic heterocycles. The molecule has 1 atom stereocenters. The van der Waals surface area contributed by atoms with Crippen molar-refractivity contribution in [3.05, 3.63) is 70.8 Å². The molecule has 0 bridgehead atoms. The van der Waals surface area contributed by atoms with Crippen LogP contribution in [0.15, 0.2) is 48.5 Å². The van der Waals surface area contributed by atoms with Gasteiger partial charge >= 0.3 is 12.1 Å². The van der Waals surface area contributed by atoms with Gasteiger partial charge < -0.3 is 10.1 Å². The van der Waals surface area contributed by atoms with Gasteiger partial charge in [0.15, 0.2) is 0 Å². The van der Waals surface area contributed by atoms with Crippen molar-refractivity contribution in [2.24, 2.45) is 0 Å². The average Bonchev–Trinajstić information content (AvgIpc) is 2.59. The van der Waals surface area contributed by atoms with Gasteiger partial charge in [0.1, 0.15) is 12.6 Å². The molecule has 0 aliphatic carbocycles. The van der Waals surface area contributed by atoms with Crippen molar-refractivity contribution in [2.45, 2.75) is 18.7 Å². The second-order valence-electron chi connectivity index (χ2n) is 5.68. The first-order valence-electron chi connectivity index (χ1n) is 7.57. The van der Waals surface area contributed by atoms with E-state index in [0.717, 1.165) is 5.56 Å². The molecule has 1 heterocycles. The molecule has 1 amide bonds. The number of fused-ring (bicyclic) bond motifs is 1. The SMILES string of the molecule is O=C(NCC(F)(F)F)c1ccc2c(c1)CC(c1ccccc1)OC2=O. The summed E-state index contributed by atoms with van der Waals surface area (Å²) < 4.78 is 42.1. The Bertz CT molecular complexity index is 803. The van der Waals surface area contributed by atoms with Gasteiger partial charge in [-0.15, -0.1) is 0 Å². The highest BCUT2D eigenvalue weighted by atomic mass is 19.4. The lowest BCUT2D eigenvalue weighted by Gasteiger charge is -2.25. The number of amides is 1. The van der Waals surface area contributed by atoms with E-state index in [-0.39, 0.29) is 5.56 Å². The highest BCUT2D eigenvalue weighted by Gasteiger charge is 2.30. The van der Waals surface area contributed by atoms with E-state index in [1.807, 2.05) is 35.6 Å². The third-order valence-electron chi connectivity index (χ3n) is 3.86. The lowest BCUT2D eigenvalue weighted by Crippen LogP contribution is -2.34. The van der Waals surface area contributed by atoms with E-state index in [4.69, 9.17) is 4.74 Å². The van der Waals surface area contributed by atoms with Crippen LogP contribution < -0.4 is 5.32 Å². The number of carbonyl (C=O) groups is 2. The van der Waals surface area contributed by atoms with E-state index in [0.29, 0.717) is 17.5 Å². The topological polar surface area (TPSA) is 55.4 Å². The Balaban J connectivity index is 1.82. The molecule has 1 unspecified atom stereocenters. The highest BCUT2D eigenvalue weighted by molar-refractivity contribution is 5.97. The molecule has 0 saturated carbocycles. The molecule has 7 heteroatoms. The van der Waals surface area contributed by atoms with Crippen LogP contribution >= 0.6 is 0 Å². The summed E-state index contributed by atoms with van der Waals surface area (Å²) >= 11 is 0. The van der Waals surface area contributed by atoms with Crippen molar-refractivity contribution in [3.63, 3.8) is 0 Å². The number of rotatable bonds is 3. The zero-order valence-corrected chi connectivity index (χ0v) is 13.0. The van der Waals surface area contributed by atoms with Crippen molar-refractivity contribution >= 4 is 11.9 Å². The summed E-state index contributed by atoms with van der Waals surface area (Å²) in [5.74, 6) is -1.35. The van der Waals surface area contributed by atoms with Crippen molar-refractivity contribution in [1.29, 1.82) is 0 Å². The lowest BCUT2D eigenvalue weighted by atomic mass is 9.93. The molecular weight excluding hydrogens is 335 g/mol. The maximum Gasteiger partial charge on any atom is 0.405 e. The van der Waals surface area contributed by atoms with E-state index in [1.54, 1.807) is 0 Å². The number of ether oxygens (including phenoxy) is 1. The first-order valence-corrected chi connectivity index (χ1v) is 7.57. The molecule has 130 valence electrons.